The molecule has 0 bridgehead atoms. The van der Waals surface area contributed by atoms with Crippen LogP contribution in [-0.2, 0) is 6.42 Å². The fraction of sp³-hybridized carbons (Fsp3) is 0.143. The van der Waals surface area contributed by atoms with E-state index >= 15 is 0 Å². The fourth-order valence-corrected chi connectivity index (χ4v) is 2.63. The van der Waals surface area contributed by atoms with Gasteiger partial charge in [0, 0.05) is 17.0 Å². The minimum Gasteiger partial charge on any atom is -0.352 e. The van der Waals surface area contributed by atoms with Crippen LogP contribution in [0.4, 0.5) is 0 Å². The third-order valence-electron chi connectivity index (χ3n) is 2.96. The largest absolute Gasteiger partial charge is 0.352 e. The van der Waals surface area contributed by atoms with Gasteiger partial charge < -0.3 is 5.32 Å². The third-order valence-corrected chi connectivity index (χ3v) is 3.90. The molecule has 1 aromatic carbocycles. The van der Waals surface area contributed by atoms with Gasteiger partial charge in [-0.1, -0.05) is 12.1 Å². The molecular weight excluding hydrogens is 286 g/mol. The SMILES string of the molecule is O=C(NCCc1cccs1)c1cccc(-n2cnnn2)c1. The van der Waals surface area contributed by atoms with Crippen molar-refractivity contribution < 1.29 is 4.79 Å². The van der Waals surface area contributed by atoms with Gasteiger partial charge in [-0.25, -0.2) is 4.68 Å². The number of hydrogen-bond acceptors (Lipinski definition) is 5. The number of benzene rings is 1. The third kappa shape index (κ3) is 3.32. The summed E-state index contributed by atoms with van der Waals surface area (Å²) >= 11 is 1.69. The van der Waals surface area contributed by atoms with Crippen LogP contribution in [0.5, 0.6) is 0 Å². The standard InChI is InChI=1S/C14H13N5OS/c20-14(15-7-6-13-5-2-8-21-13)11-3-1-4-12(9-11)19-10-16-17-18-19/h1-5,8-10H,6-7H2,(H,15,20). The van der Waals surface area contributed by atoms with Gasteiger partial charge in [-0.2, -0.15) is 0 Å². The Kier molecular flexibility index (Phi) is 4.02. The van der Waals surface area contributed by atoms with E-state index in [1.165, 1.54) is 15.9 Å². The first kappa shape index (κ1) is 13.4. The maximum absolute atomic E-state index is 12.1. The second-order valence-corrected chi connectivity index (χ2v) is 5.42. The van der Waals surface area contributed by atoms with Gasteiger partial charge in [0.2, 0.25) is 0 Å². The summed E-state index contributed by atoms with van der Waals surface area (Å²) in [6.07, 6.45) is 2.34. The van der Waals surface area contributed by atoms with E-state index in [2.05, 4.69) is 26.9 Å². The van der Waals surface area contributed by atoms with Crippen LogP contribution in [0, 0.1) is 0 Å². The van der Waals surface area contributed by atoms with E-state index in [0.717, 1.165) is 12.1 Å². The number of hydrogen-bond donors (Lipinski definition) is 1. The smallest absolute Gasteiger partial charge is 0.251 e. The number of carbonyl (C=O) groups excluding carboxylic acids is 1. The molecule has 0 aliphatic carbocycles. The van der Waals surface area contributed by atoms with Crippen LogP contribution < -0.4 is 5.32 Å². The van der Waals surface area contributed by atoms with Crippen LogP contribution >= 0.6 is 11.3 Å². The van der Waals surface area contributed by atoms with Gasteiger partial charge in [-0.05, 0) is 46.5 Å². The van der Waals surface area contributed by atoms with Crippen molar-refractivity contribution in [1.29, 1.82) is 0 Å². The molecule has 2 heterocycles. The number of thiophene rings is 1. The Labute approximate surface area is 125 Å². The topological polar surface area (TPSA) is 72.7 Å². The molecule has 0 spiro atoms. The first-order valence-corrected chi connectivity index (χ1v) is 7.35. The lowest BCUT2D eigenvalue weighted by Gasteiger charge is -2.06. The summed E-state index contributed by atoms with van der Waals surface area (Å²) in [5.74, 6) is -0.0959. The average Bonchev–Trinajstić information content (AvgIpc) is 3.21. The zero-order chi connectivity index (χ0) is 14.5. The summed E-state index contributed by atoms with van der Waals surface area (Å²) in [6.45, 7) is 0.619. The Morgan fingerprint density at radius 3 is 3.00 bits per heavy atom. The first-order valence-electron chi connectivity index (χ1n) is 6.47. The molecule has 0 saturated carbocycles. The lowest BCUT2D eigenvalue weighted by Crippen LogP contribution is -2.25. The number of rotatable bonds is 5. The molecule has 0 atom stereocenters. The Hall–Kier alpha value is -2.54. The highest BCUT2D eigenvalue weighted by Gasteiger charge is 2.07. The molecule has 7 heteroatoms. The van der Waals surface area contributed by atoms with Crippen LogP contribution in [0.1, 0.15) is 15.2 Å². The number of amides is 1. The Morgan fingerprint density at radius 2 is 2.24 bits per heavy atom. The van der Waals surface area contributed by atoms with Gasteiger partial charge in [0.1, 0.15) is 6.33 Å². The van der Waals surface area contributed by atoms with E-state index in [-0.39, 0.29) is 5.91 Å². The lowest BCUT2D eigenvalue weighted by molar-refractivity contribution is 0.0954. The van der Waals surface area contributed by atoms with E-state index < -0.39 is 0 Å². The molecule has 2 aromatic heterocycles. The second-order valence-electron chi connectivity index (χ2n) is 4.39. The van der Waals surface area contributed by atoms with E-state index in [9.17, 15) is 4.79 Å². The Balaban J connectivity index is 1.63. The molecule has 3 rings (SSSR count). The van der Waals surface area contributed by atoms with Crippen molar-refractivity contribution in [2.75, 3.05) is 6.54 Å². The van der Waals surface area contributed by atoms with Crippen molar-refractivity contribution in [2.45, 2.75) is 6.42 Å². The number of nitrogens with one attached hydrogen (secondary N) is 1. The summed E-state index contributed by atoms with van der Waals surface area (Å²) in [4.78, 5) is 13.4. The average molecular weight is 299 g/mol. The van der Waals surface area contributed by atoms with E-state index in [4.69, 9.17) is 0 Å². The predicted molar refractivity (Wildman–Crippen MR) is 79.5 cm³/mol. The molecule has 0 aliphatic heterocycles. The number of tetrazole rings is 1. The number of nitrogens with zero attached hydrogens (tertiary/aromatic N) is 4. The van der Waals surface area contributed by atoms with Gasteiger partial charge >= 0.3 is 0 Å². The molecule has 0 unspecified atom stereocenters. The molecule has 21 heavy (non-hydrogen) atoms. The van der Waals surface area contributed by atoms with Crippen molar-refractivity contribution in [3.05, 3.63) is 58.5 Å². The van der Waals surface area contributed by atoms with Crippen molar-refractivity contribution >= 4 is 17.2 Å². The van der Waals surface area contributed by atoms with Gasteiger partial charge in [0.15, 0.2) is 0 Å². The van der Waals surface area contributed by atoms with Gasteiger partial charge in [0.05, 0.1) is 5.69 Å². The van der Waals surface area contributed by atoms with Crippen LogP contribution in [0.15, 0.2) is 48.1 Å². The van der Waals surface area contributed by atoms with Crippen LogP contribution in [-0.4, -0.2) is 32.7 Å². The molecule has 0 aliphatic rings. The molecule has 1 amide bonds. The van der Waals surface area contributed by atoms with E-state index in [1.807, 2.05) is 23.6 Å². The quantitative estimate of drug-likeness (QED) is 0.778. The van der Waals surface area contributed by atoms with Crippen LogP contribution in [0.3, 0.4) is 0 Å². The van der Waals surface area contributed by atoms with Crippen molar-refractivity contribution in [3.63, 3.8) is 0 Å². The minimum atomic E-state index is -0.0959. The molecule has 6 nitrogen and oxygen atoms in total. The van der Waals surface area contributed by atoms with Crippen molar-refractivity contribution in [3.8, 4) is 5.69 Å². The summed E-state index contributed by atoms with van der Waals surface area (Å²) in [7, 11) is 0. The van der Waals surface area contributed by atoms with Crippen molar-refractivity contribution in [1.82, 2.24) is 25.5 Å². The van der Waals surface area contributed by atoms with Crippen LogP contribution in [0.2, 0.25) is 0 Å². The van der Waals surface area contributed by atoms with Crippen LogP contribution in [0.25, 0.3) is 5.69 Å². The van der Waals surface area contributed by atoms with Gasteiger partial charge in [0.25, 0.3) is 5.91 Å². The van der Waals surface area contributed by atoms with Crippen molar-refractivity contribution in [2.24, 2.45) is 0 Å². The zero-order valence-electron chi connectivity index (χ0n) is 11.1. The summed E-state index contributed by atoms with van der Waals surface area (Å²) in [6, 6.07) is 11.3. The second kappa shape index (κ2) is 6.27. The first-order chi connectivity index (χ1) is 10.3. The highest BCUT2D eigenvalue weighted by Crippen LogP contribution is 2.10. The minimum absolute atomic E-state index is 0.0959. The molecular formula is C14H13N5OS. The van der Waals surface area contributed by atoms with E-state index in [0.29, 0.717) is 12.1 Å². The Morgan fingerprint density at radius 1 is 1.29 bits per heavy atom. The van der Waals surface area contributed by atoms with E-state index in [1.54, 1.807) is 23.5 Å². The summed E-state index contributed by atoms with van der Waals surface area (Å²) in [5, 5.41) is 15.9. The molecule has 106 valence electrons. The maximum atomic E-state index is 12.1. The lowest BCUT2D eigenvalue weighted by atomic mass is 10.2. The molecule has 0 saturated heterocycles. The zero-order valence-corrected chi connectivity index (χ0v) is 12.0. The molecule has 1 N–H and O–H groups in total. The maximum Gasteiger partial charge on any atom is 0.251 e. The monoisotopic (exact) mass is 299 g/mol. The highest BCUT2D eigenvalue weighted by molar-refractivity contribution is 7.09. The predicted octanol–water partition coefficient (Wildman–Crippen LogP) is 1.70. The molecule has 3 aromatic rings. The fourth-order valence-electron chi connectivity index (χ4n) is 1.93. The summed E-state index contributed by atoms with van der Waals surface area (Å²) < 4.78 is 1.52. The molecule has 0 radical (unpaired) electrons. The number of aromatic nitrogens is 4. The Bertz CT molecular complexity index is 709. The number of carbonyl (C=O) groups is 1. The summed E-state index contributed by atoms with van der Waals surface area (Å²) in [5.41, 5.74) is 1.35. The van der Waals surface area contributed by atoms with Gasteiger partial charge in [-0.3, -0.25) is 4.79 Å². The highest BCUT2D eigenvalue weighted by atomic mass is 32.1. The normalized spacial score (nSPS) is 10.5. The molecule has 0 fully saturated rings. The van der Waals surface area contributed by atoms with Gasteiger partial charge in [-0.15, -0.1) is 16.4 Å².